The van der Waals surface area contributed by atoms with Gasteiger partial charge in [0.15, 0.2) is 5.03 Å². The van der Waals surface area contributed by atoms with Crippen LogP contribution in [0.25, 0.3) is 11.1 Å². The van der Waals surface area contributed by atoms with Gasteiger partial charge in [0.1, 0.15) is 5.78 Å². The molecule has 10 heteroatoms. The summed E-state index contributed by atoms with van der Waals surface area (Å²) in [5.74, 6) is -0.242. The van der Waals surface area contributed by atoms with E-state index in [1.165, 1.54) is 29.1 Å². The predicted octanol–water partition coefficient (Wildman–Crippen LogP) is 4.71. The van der Waals surface area contributed by atoms with Crippen molar-refractivity contribution in [1.82, 2.24) is 14.1 Å². The number of aromatic nitrogens is 2. The Labute approximate surface area is 197 Å². The van der Waals surface area contributed by atoms with E-state index in [0.717, 1.165) is 27.6 Å². The molecule has 0 unspecified atom stereocenters. The number of hydrogen-bond acceptors (Lipinski definition) is 4. The van der Waals surface area contributed by atoms with Gasteiger partial charge in [-0.05, 0) is 55.2 Å². The number of hydrogen-bond donors (Lipinski definition) is 0. The van der Waals surface area contributed by atoms with E-state index in [0.29, 0.717) is 12.0 Å². The Kier molecular flexibility index (Phi) is 7.62. The fourth-order valence-corrected chi connectivity index (χ4v) is 5.07. The van der Waals surface area contributed by atoms with E-state index >= 15 is 0 Å². The SMILES string of the molecule is CC(C)N(CC(=O)CCc1cccc(-c2ccc(C(F)(F)F)cc2)c1)S(=O)(=O)c1ccn(C)n1. The molecule has 0 saturated heterocycles. The molecule has 0 saturated carbocycles. The van der Waals surface area contributed by atoms with Gasteiger partial charge in [-0.2, -0.15) is 22.6 Å². The van der Waals surface area contributed by atoms with Crippen molar-refractivity contribution in [2.24, 2.45) is 7.05 Å². The average molecular weight is 494 g/mol. The predicted molar refractivity (Wildman–Crippen MR) is 122 cm³/mol. The van der Waals surface area contributed by atoms with Crippen molar-refractivity contribution in [1.29, 1.82) is 0 Å². The molecule has 0 aliphatic rings. The third-order valence-corrected chi connectivity index (χ3v) is 7.25. The first-order chi connectivity index (χ1) is 15.9. The zero-order chi connectivity index (χ0) is 25.1. The number of Topliss-reactive ketones (excluding diaryl/α,β-unsaturated/α-hetero) is 1. The summed E-state index contributed by atoms with van der Waals surface area (Å²) in [6, 6.07) is 13.1. The fraction of sp³-hybridized carbons (Fsp3) is 0.333. The van der Waals surface area contributed by atoms with E-state index in [9.17, 15) is 26.4 Å². The molecule has 0 aliphatic heterocycles. The minimum absolute atomic E-state index is 0.110. The van der Waals surface area contributed by atoms with E-state index in [4.69, 9.17) is 0 Å². The van der Waals surface area contributed by atoms with Crippen molar-refractivity contribution >= 4 is 15.8 Å². The Morgan fingerprint density at radius 1 is 1.06 bits per heavy atom. The summed E-state index contributed by atoms with van der Waals surface area (Å²) < 4.78 is 66.7. The first-order valence-electron chi connectivity index (χ1n) is 10.7. The molecule has 1 heterocycles. The second-order valence-corrected chi connectivity index (χ2v) is 10.1. The van der Waals surface area contributed by atoms with E-state index in [2.05, 4.69) is 5.10 Å². The minimum Gasteiger partial charge on any atom is -0.298 e. The van der Waals surface area contributed by atoms with Gasteiger partial charge in [0.05, 0.1) is 12.1 Å². The number of aryl methyl sites for hydroxylation is 2. The van der Waals surface area contributed by atoms with Crippen LogP contribution in [0.5, 0.6) is 0 Å². The maximum Gasteiger partial charge on any atom is 0.416 e. The van der Waals surface area contributed by atoms with Crippen LogP contribution in [0.4, 0.5) is 13.2 Å². The summed E-state index contributed by atoms with van der Waals surface area (Å²) in [6.07, 6.45) is -2.37. The lowest BCUT2D eigenvalue weighted by Gasteiger charge is -2.24. The molecule has 3 rings (SSSR count). The van der Waals surface area contributed by atoms with Crippen LogP contribution in [0.2, 0.25) is 0 Å². The Bertz CT molecular complexity index is 1250. The lowest BCUT2D eigenvalue weighted by Crippen LogP contribution is -2.40. The minimum atomic E-state index is -4.39. The van der Waals surface area contributed by atoms with E-state index in [-0.39, 0.29) is 23.8 Å². The molecule has 0 amide bonds. The monoisotopic (exact) mass is 493 g/mol. The van der Waals surface area contributed by atoms with Crippen molar-refractivity contribution in [3.8, 4) is 11.1 Å². The molecule has 0 fully saturated rings. The molecule has 34 heavy (non-hydrogen) atoms. The lowest BCUT2D eigenvalue weighted by atomic mass is 9.99. The summed E-state index contributed by atoms with van der Waals surface area (Å²) in [7, 11) is -2.30. The summed E-state index contributed by atoms with van der Waals surface area (Å²) in [6.45, 7) is 3.12. The van der Waals surface area contributed by atoms with Crippen LogP contribution in [0.3, 0.4) is 0 Å². The third kappa shape index (κ3) is 6.12. The maximum absolute atomic E-state index is 12.9. The molecule has 0 spiro atoms. The molecule has 6 nitrogen and oxygen atoms in total. The smallest absolute Gasteiger partial charge is 0.298 e. The van der Waals surface area contributed by atoms with Gasteiger partial charge in [-0.25, -0.2) is 8.42 Å². The average Bonchev–Trinajstić information content (AvgIpc) is 3.22. The van der Waals surface area contributed by atoms with Crippen LogP contribution < -0.4 is 0 Å². The first-order valence-corrected chi connectivity index (χ1v) is 12.1. The van der Waals surface area contributed by atoms with Crippen molar-refractivity contribution in [2.45, 2.75) is 43.9 Å². The Balaban J connectivity index is 1.67. The number of halogens is 3. The van der Waals surface area contributed by atoms with Crippen LogP contribution >= 0.6 is 0 Å². The summed E-state index contributed by atoms with van der Waals surface area (Å²) >= 11 is 0. The van der Waals surface area contributed by atoms with Crippen molar-refractivity contribution in [3.05, 3.63) is 71.9 Å². The summed E-state index contributed by atoms with van der Waals surface area (Å²) in [4.78, 5) is 12.7. The Hall–Kier alpha value is -2.98. The number of nitrogens with zero attached hydrogens (tertiary/aromatic N) is 3. The van der Waals surface area contributed by atoms with Gasteiger partial charge < -0.3 is 0 Å². The largest absolute Gasteiger partial charge is 0.416 e. The number of carbonyl (C=O) groups excluding carboxylic acids is 1. The van der Waals surface area contributed by atoms with Crippen LogP contribution in [-0.2, 0) is 34.5 Å². The van der Waals surface area contributed by atoms with Crippen LogP contribution in [0.15, 0.2) is 65.8 Å². The highest BCUT2D eigenvalue weighted by Gasteiger charge is 2.31. The summed E-state index contributed by atoms with van der Waals surface area (Å²) in [5.41, 5.74) is 1.48. The standard InChI is InChI=1S/C24H26F3N3O3S/c1-17(2)30(34(32,33)23-13-14-29(3)28-23)16-22(31)12-7-18-5-4-6-20(15-18)19-8-10-21(11-9-19)24(25,26)27/h4-6,8-11,13-15,17H,7,12,16H2,1-3H3. The van der Waals surface area contributed by atoms with E-state index in [1.54, 1.807) is 33.0 Å². The zero-order valence-corrected chi connectivity index (χ0v) is 19.9. The molecule has 182 valence electrons. The van der Waals surface area contributed by atoms with Crippen molar-refractivity contribution < 1.29 is 26.4 Å². The molecular formula is C24H26F3N3O3S. The number of carbonyl (C=O) groups is 1. The van der Waals surface area contributed by atoms with E-state index in [1.807, 2.05) is 12.1 Å². The molecular weight excluding hydrogens is 467 g/mol. The molecule has 0 bridgehead atoms. The number of rotatable bonds is 9. The van der Waals surface area contributed by atoms with Crippen LogP contribution in [-0.4, -0.2) is 40.9 Å². The topological polar surface area (TPSA) is 72.3 Å². The highest BCUT2D eigenvalue weighted by molar-refractivity contribution is 7.89. The Morgan fingerprint density at radius 2 is 1.74 bits per heavy atom. The highest BCUT2D eigenvalue weighted by Crippen LogP contribution is 2.31. The third-order valence-electron chi connectivity index (χ3n) is 5.34. The number of sulfonamides is 1. The van der Waals surface area contributed by atoms with Gasteiger partial charge in [-0.1, -0.05) is 36.4 Å². The van der Waals surface area contributed by atoms with Gasteiger partial charge in [0.2, 0.25) is 0 Å². The van der Waals surface area contributed by atoms with Crippen LogP contribution in [0.1, 0.15) is 31.4 Å². The number of alkyl halides is 3. The van der Waals surface area contributed by atoms with Crippen molar-refractivity contribution in [3.63, 3.8) is 0 Å². The first kappa shape index (κ1) is 25.6. The fourth-order valence-electron chi connectivity index (χ4n) is 3.49. The normalized spacial score (nSPS) is 12.5. The molecule has 1 aromatic heterocycles. The quantitative estimate of drug-likeness (QED) is 0.433. The molecule has 0 radical (unpaired) electrons. The molecule has 2 aromatic carbocycles. The summed E-state index contributed by atoms with van der Waals surface area (Å²) in [5, 5.41) is 3.85. The number of ketones is 1. The van der Waals surface area contributed by atoms with Gasteiger partial charge >= 0.3 is 6.18 Å². The van der Waals surface area contributed by atoms with Gasteiger partial charge in [-0.15, -0.1) is 0 Å². The van der Waals surface area contributed by atoms with Gasteiger partial charge in [0, 0.05) is 25.7 Å². The second-order valence-electron chi connectivity index (χ2n) is 8.29. The Morgan fingerprint density at radius 3 is 2.29 bits per heavy atom. The van der Waals surface area contributed by atoms with Gasteiger partial charge in [0.25, 0.3) is 10.0 Å². The maximum atomic E-state index is 12.9. The lowest BCUT2D eigenvalue weighted by molar-refractivity contribution is -0.137. The van der Waals surface area contributed by atoms with Crippen LogP contribution in [0, 0.1) is 0 Å². The van der Waals surface area contributed by atoms with Gasteiger partial charge in [-0.3, -0.25) is 9.48 Å². The molecule has 3 aromatic rings. The molecule has 0 atom stereocenters. The molecule has 0 N–H and O–H groups in total. The molecule has 0 aliphatic carbocycles. The second kappa shape index (κ2) is 10.1. The highest BCUT2D eigenvalue weighted by atomic mass is 32.2. The van der Waals surface area contributed by atoms with Crippen molar-refractivity contribution in [2.75, 3.05) is 6.54 Å². The zero-order valence-electron chi connectivity index (χ0n) is 19.1. The van der Waals surface area contributed by atoms with E-state index < -0.39 is 27.8 Å². The number of benzene rings is 2.